The van der Waals surface area contributed by atoms with Crippen molar-refractivity contribution in [1.82, 2.24) is 10.3 Å². The molecule has 0 aliphatic rings. The lowest BCUT2D eigenvalue weighted by molar-refractivity contribution is -0.136. The highest BCUT2D eigenvalue weighted by Gasteiger charge is 2.22. The van der Waals surface area contributed by atoms with Crippen LogP contribution < -0.4 is 15.4 Å². The van der Waals surface area contributed by atoms with Gasteiger partial charge in [0.2, 0.25) is 0 Å². The van der Waals surface area contributed by atoms with Crippen molar-refractivity contribution in [1.29, 1.82) is 0 Å². The zero-order valence-corrected chi connectivity index (χ0v) is 18.3. The van der Waals surface area contributed by atoms with Crippen molar-refractivity contribution in [3.8, 4) is 5.75 Å². The van der Waals surface area contributed by atoms with Crippen molar-refractivity contribution in [2.24, 2.45) is 0 Å². The normalized spacial score (nSPS) is 11.9. The number of carbonyl (C=O) groups is 3. The molecule has 1 atom stereocenters. The molecule has 1 unspecified atom stereocenters. The van der Waals surface area contributed by atoms with Gasteiger partial charge < -0.3 is 20.1 Å². The second-order valence-corrected chi connectivity index (χ2v) is 8.06. The van der Waals surface area contributed by atoms with Crippen LogP contribution in [-0.2, 0) is 9.53 Å². The quantitative estimate of drug-likeness (QED) is 0.511. The SMILES string of the molecule is CC(NC(=O)OC(C)(C)C)C(=O)Oc1ccc(NC(=O)c2c(Cl)cncc2Cl)cc1. The molecule has 1 heterocycles. The van der Waals surface area contributed by atoms with Gasteiger partial charge >= 0.3 is 12.1 Å². The summed E-state index contributed by atoms with van der Waals surface area (Å²) < 4.78 is 10.3. The standard InChI is InChI=1S/C20H21Cl2N3O5/c1-11(24-19(28)30-20(2,3)4)18(27)29-13-7-5-12(6-8-13)25-17(26)16-14(21)9-23-10-15(16)22/h5-11H,1-4H3,(H,24,28)(H,25,26). The van der Waals surface area contributed by atoms with Gasteiger partial charge in [0.25, 0.3) is 5.91 Å². The first-order valence-corrected chi connectivity index (χ1v) is 9.63. The molecule has 2 amide bonds. The maximum absolute atomic E-state index is 12.4. The number of nitrogens with one attached hydrogen (secondary N) is 2. The van der Waals surface area contributed by atoms with E-state index in [1.807, 2.05) is 0 Å². The highest BCUT2D eigenvalue weighted by molar-refractivity contribution is 6.40. The van der Waals surface area contributed by atoms with Crippen LogP contribution in [0.5, 0.6) is 5.75 Å². The van der Waals surface area contributed by atoms with Crippen LogP contribution in [0.2, 0.25) is 10.0 Å². The number of halogens is 2. The van der Waals surface area contributed by atoms with Crippen LogP contribution in [0, 0.1) is 0 Å². The van der Waals surface area contributed by atoms with Crippen molar-refractivity contribution >= 4 is 46.9 Å². The fraction of sp³-hybridized carbons (Fsp3) is 0.300. The first kappa shape index (κ1) is 23.4. The number of pyridine rings is 1. The molecule has 2 N–H and O–H groups in total. The molecular weight excluding hydrogens is 433 g/mol. The Balaban J connectivity index is 1.95. The van der Waals surface area contributed by atoms with Crippen LogP contribution in [0.1, 0.15) is 38.1 Å². The van der Waals surface area contributed by atoms with E-state index in [0.717, 1.165) is 0 Å². The number of amides is 2. The number of esters is 1. The van der Waals surface area contributed by atoms with Crippen molar-refractivity contribution in [2.75, 3.05) is 5.32 Å². The van der Waals surface area contributed by atoms with Gasteiger partial charge in [-0.1, -0.05) is 23.2 Å². The van der Waals surface area contributed by atoms with Crippen molar-refractivity contribution < 1.29 is 23.9 Å². The van der Waals surface area contributed by atoms with Crippen molar-refractivity contribution in [3.05, 3.63) is 52.3 Å². The first-order chi connectivity index (χ1) is 14.0. The van der Waals surface area contributed by atoms with Gasteiger partial charge in [0.1, 0.15) is 17.4 Å². The molecule has 0 saturated carbocycles. The lowest BCUT2D eigenvalue weighted by Gasteiger charge is -2.21. The van der Waals surface area contributed by atoms with E-state index < -0.39 is 29.6 Å². The molecule has 0 fully saturated rings. The number of hydrogen-bond acceptors (Lipinski definition) is 6. The molecule has 0 aliphatic heterocycles. The van der Waals surface area contributed by atoms with Gasteiger partial charge in [0, 0.05) is 18.1 Å². The molecule has 1 aromatic carbocycles. The number of rotatable bonds is 5. The second-order valence-electron chi connectivity index (χ2n) is 7.25. The largest absolute Gasteiger partial charge is 0.444 e. The van der Waals surface area contributed by atoms with Crippen molar-refractivity contribution in [3.63, 3.8) is 0 Å². The summed E-state index contributed by atoms with van der Waals surface area (Å²) in [7, 11) is 0. The lowest BCUT2D eigenvalue weighted by atomic mass is 10.2. The second kappa shape index (κ2) is 9.77. The lowest BCUT2D eigenvalue weighted by Crippen LogP contribution is -2.43. The first-order valence-electron chi connectivity index (χ1n) is 8.88. The highest BCUT2D eigenvalue weighted by Crippen LogP contribution is 2.24. The van der Waals surface area contributed by atoms with Crippen molar-refractivity contribution in [2.45, 2.75) is 39.3 Å². The Morgan fingerprint density at radius 1 is 1.03 bits per heavy atom. The molecule has 0 aliphatic carbocycles. The maximum Gasteiger partial charge on any atom is 0.408 e. The summed E-state index contributed by atoms with van der Waals surface area (Å²) >= 11 is 11.9. The predicted molar refractivity (Wildman–Crippen MR) is 113 cm³/mol. The Morgan fingerprint density at radius 3 is 2.13 bits per heavy atom. The summed E-state index contributed by atoms with van der Waals surface area (Å²) in [6.07, 6.45) is 1.91. The summed E-state index contributed by atoms with van der Waals surface area (Å²) in [6.45, 7) is 6.62. The predicted octanol–water partition coefficient (Wildman–Crippen LogP) is 4.46. The minimum absolute atomic E-state index is 0.103. The third-order valence-electron chi connectivity index (χ3n) is 3.50. The molecule has 0 radical (unpaired) electrons. The van der Waals surface area contributed by atoms with E-state index in [0.29, 0.717) is 5.69 Å². The smallest absolute Gasteiger partial charge is 0.408 e. The molecule has 0 saturated heterocycles. The minimum atomic E-state index is -0.921. The fourth-order valence-corrected chi connectivity index (χ4v) is 2.71. The number of carbonyl (C=O) groups excluding carboxylic acids is 3. The number of anilines is 1. The van der Waals surface area contributed by atoms with E-state index in [4.69, 9.17) is 32.7 Å². The number of hydrogen-bond donors (Lipinski definition) is 2. The minimum Gasteiger partial charge on any atom is -0.444 e. The average molecular weight is 454 g/mol. The van der Waals surface area contributed by atoms with Crippen LogP contribution in [0.4, 0.5) is 10.5 Å². The fourth-order valence-electron chi connectivity index (χ4n) is 2.18. The van der Waals surface area contributed by atoms with Gasteiger partial charge in [-0.15, -0.1) is 0 Å². The zero-order valence-electron chi connectivity index (χ0n) is 16.8. The van der Waals surface area contributed by atoms with E-state index in [1.54, 1.807) is 20.8 Å². The Labute approximate surface area is 183 Å². The number of benzene rings is 1. The van der Waals surface area contributed by atoms with Gasteiger partial charge in [0.15, 0.2) is 0 Å². The van der Waals surface area contributed by atoms with Gasteiger partial charge in [-0.25, -0.2) is 9.59 Å². The zero-order chi connectivity index (χ0) is 22.5. The number of aromatic nitrogens is 1. The van der Waals surface area contributed by atoms with Gasteiger partial charge in [-0.05, 0) is 52.0 Å². The molecule has 2 aromatic rings. The van der Waals surface area contributed by atoms with Gasteiger partial charge in [-0.2, -0.15) is 0 Å². The monoisotopic (exact) mass is 453 g/mol. The van der Waals surface area contributed by atoms with E-state index in [1.165, 1.54) is 43.6 Å². The van der Waals surface area contributed by atoms with Crippen LogP contribution >= 0.6 is 23.2 Å². The molecular formula is C20H21Cl2N3O5. The number of nitrogens with zero attached hydrogens (tertiary/aromatic N) is 1. The molecule has 0 spiro atoms. The Bertz CT molecular complexity index is 922. The van der Waals surface area contributed by atoms with Gasteiger partial charge in [-0.3, -0.25) is 9.78 Å². The molecule has 30 heavy (non-hydrogen) atoms. The summed E-state index contributed by atoms with van der Waals surface area (Å²) in [4.78, 5) is 40.0. The molecule has 1 aromatic heterocycles. The molecule has 160 valence electrons. The van der Waals surface area contributed by atoms with Gasteiger partial charge in [0.05, 0.1) is 15.6 Å². The van der Waals surface area contributed by atoms with E-state index in [-0.39, 0.29) is 21.4 Å². The maximum atomic E-state index is 12.4. The van der Waals surface area contributed by atoms with E-state index in [2.05, 4.69) is 15.6 Å². The summed E-state index contributed by atoms with van der Waals surface area (Å²) in [5.41, 5.74) is -0.145. The highest BCUT2D eigenvalue weighted by atomic mass is 35.5. The summed E-state index contributed by atoms with van der Waals surface area (Å²) in [5, 5.41) is 5.29. The summed E-state index contributed by atoms with van der Waals surface area (Å²) in [5.74, 6) is -0.948. The third-order valence-corrected chi connectivity index (χ3v) is 4.07. The van der Waals surface area contributed by atoms with Crippen LogP contribution in [0.25, 0.3) is 0 Å². The molecule has 0 bridgehead atoms. The molecule has 10 heteroatoms. The molecule has 2 rings (SSSR count). The van der Waals surface area contributed by atoms with Crippen LogP contribution in [-0.4, -0.2) is 34.6 Å². The third kappa shape index (κ3) is 6.89. The van der Waals surface area contributed by atoms with Crippen LogP contribution in [0.3, 0.4) is 0 Å². The van der Waals surface area contributed by atoms with E-state index >= 15 is 0 Å². The Morgan fingerprint density at radius 2 is 1.60 bits per heavy atom. The topological polar surface area (TPSA) is 107 Å². The summed E-state index contributed by atoms with van der Waals surface area (Å²) in [6, 6.07) is 5.13. The van der Waals surface area contributed by atoms with Crippen LogP contribution in [0.15, 0.2) is 36.7 Å². The van der Waals surface area contributed by atoms with E-state index in [9.17, 15) is 14.4 Å². The average Bonchev–Trinajstić information content (AvgIpc) is 2.61. The Hall–Kier alpha value is -2.84. The number of ether oxygens (including phenoxy) is 2. The number of alkyl carbamates (subject to hydrolysis) is 1. The Kier molecular flexibility index (Phi) is 7.64. The molecule has 8 nitrogen and oxygen atoms in total.